The van der Waals surface area contributed by atoms with E-state index in [-0.39, 0.29) is 6.04 Å². The topological polar surface area (TPSA) is 73.7 Å². The Labute approximate surface area is 182 Å². The van der Waals surface area contributed by atoms with Gasteiger partial charge in [0.25, 0.3) is 0 Å². The van der Waals surface area contributed by atoms with Gasteiger partial charge in [0.1, 0.15) is 18.2 Å². The summed E-state index contributed by atoms with van der Waals surface area (Å²) < 4.78 is 5.96. The maximum atomic E-state index is 9.05. The summed E-state index contributed by atoms with van der Waals surface area (Å²) in [6.45, 7) is 5.53. The Balaban J connectivity index is 1.42. The van der Waals surface area contributed by atoms with Crippen LogP contribution in [0.5, 0.6) is 5.75 Å². The van der Waals surface area contributed by atoms with Crippen molar-refractivity contribution in [2.45, 2.75) is 33.0 Å². The Kier molecular flexibility index (Phi) is 6.30. The van der Waals surface area contributed by atoms with Gasteiger partial charge in [-0.1, -0.05) is 50.2 Å². The summed E-state index contributed by atoms with van der Waals surface area (Å²) >= 11 is 0. The fourth-order valence-corrected chi connectivity index (χ4v) is 3.64. The molecule has 0 aliphatic carbocycles. The highest BCUT2D eigenvalue weighted by atomic mass is 16.5. The van der Waals surface area contributed by atoms with E-state index in [9.17, 15) is 0 Å². The summed E-state index contributed by atoms with van der Waals surface area (Å²) in [7, 11) is 0. The molecule has 1 unspecified atom stereocenters. The number of imidazole rings is 1. The molecule has 0 amide bonds. The van der Waals surface area contributed by atoms with Gasteiger partial charge in [0.05, 0.1) is 28.7 Å². The van der Waals surface area contributed by atoms with Gasteiger partial charge in [-0.25, -0.2) is 4.98 Å². The molecule has 0 bridgehead atoms. The van der Waals surface area contributed by atoms with Gasteiger partial charge < -0.3 is 15.0 Å². The summed E-state index contributed by atoms with van der Waals surface area (Å²) in [6.07, 6.45) is 0. The number of nitrogens with zero attached hydrogens (tertiary/aromatic N) is 2. The molecule has 1 aromatic heterocycles. The number of nitrogens with one attached hydrogen (secondary N) is 2. The molecule has 0 spiro atoms. The molecule has 31 heavy (non-hydrogen) atoms. The predicted octanol–water partition coefficient (Wildman–Crippen LogP) is 5.50. The van der Waals surface area contributed by atoms with Crippen LogP contribution in [0.3, 0.4) is 0 Å². The van der Waals surface area contributed by atoms with E-state index >= 15 is 0 Å². The minimum atomic E-state index is 0.116. The van der Waals surface area contributed by atoms with Gasteiger partial charge in [-0.15, -0.1) is 0 Å². The van der Waals surface area contributed by atoms with Crippen LogP contribution in [0.1, 0.15) is 42.4 Å². The quantitative estimate of drug-likeness (QED) is 0.402. The van der Waals surface area contributed by atoms with Crippen LogP contribution in [-0.2, 0) is 13.2 Å². The summed E-state index contributed by atoms with van der Waals surface area (Å²) in [4.78, 5) is 8.23. The zero-order chi connectivity index (χ0) is 21.6. The number of aromatic amines is 1. The Hall–Kier alpha value is -3.62. The Morgan fingerprint density at radius 3 is 2.61 bits per heavy atom. The summed E-state index contributed by atoms with van der Waals surface area (Å²) in [5.41, 5.74) is 4.81. The number of fused-ring (bicyclic) bond motifs is 1. The van der Waals surface area contributed by atoms with Gasteiger partial charge in [0.15, 0.2) is 0 Å². The Morgan fingerprint density at radius 1 is 1.00 bits per heavy atom. The molecule has 0 radical (unpaired) electrons. The van der Waals surface area contributed by atoms with E-state index in [2.05, 4.69) is 48.4 Å². The number of hydrogen-bond acceptors (Lipinski definition) is 4. The lowest BCUT2D eigenvalue weighted by Crippen LogP contribution is -2.26. The molecular weight excluding hydrogens is 384 g/mol. The van der Waals surface area contributed by atoms with Gasteiger partial charge in [0, 0.05) is 6.54 Å². The maximum Gasteiger partial charge on any atom is 0.124 e. The molecule has 0 saturated heterocycles. The van der Waals surface area contributed by atoms with E-state index in [1.807, 2.05) is 48.5 Å². The fraction of sp³-hybridized carbons (Fsp3) is 0.231. The minimum Gasteiger partial charge on any atom is -0.489 e. The van der Waals surface area contributed by atoms with Gasteiger partial charge in [-0.2, -0.15) is 5.26 Å². The molecule has 5 heteroatoms. The smallest absolute Gasteiger partial charge is 0.124 e. The van der Waals surface area contributed by atoms with Crippen LogP contribution in [0.15, 0.2) is 72.8 Å². The number of hydrogen-bond donors (Lipinski definition) is 2. The van der Waals surface area contributed by atoms with Crippen molar-refractivity contribution in [1.29, 1.82) is 5.26 Å². The first-order valence-electron chi connectivity index (χ1n) is 10.5. The van der Waals surface area contributed by atoms with Crippen molar-refractivity contribution in [3.63, 3.8) is 0 Å². The fourth-order valence-electron chi connectivity index (χ4n) is 3.64. The van der Waals surface area contributed by atoms with Crippen LogP contribution in [0.25, 0.3) is 11.0 Å². The van der Waals surface area contributed by atoms with Gasteiger partial charge in [-0.3, -0.25) is 0 Å². The monoisotopic (exact) mass is 410 g/mol. The zero-order valence-corrected chi connectivity index (χ0v) is 17.8. The van der Waals surface area contributed by atoms with Gasteiger partial charge >= 0.3 is 0 Å². The predicted molar refractivity (Wildman–Crippen MR) is 122 cm³/mol. The largest absolute Gasteiger partial charge is 0.489 e. The number of nitriles is 1. The van der Waals surface area contributed by atoms with E-state index in [1.165, 1.54) is 0 Å². The van der Waals surface area contributed by atoms with Crippen LogP contribution in [0.2, 0.25) is 0 Å². The number of rotatable bonds is 8. The molecule has 1 heterocycles. The summed E-state index contributed by atoms with van der Waals surface area (Å²) in [6, 6.07) is 26.0. The molecule has 4 aromatic rings. The van der Waals surface area contributed by atoms with E-state index in [4.69, 9.17) is 15.0 Å². The number of ether oxygens (including phenoxy) is 1. The van der Waals surface area contributed by atoms with Crippen LogP contribution < -0.4 is 10.1 Å². The zero-order valence-electron chi connectivity index (χ0n) is 17.8. The minimum absolute atomic E-state index is 0.116. The molecular formula is C26H26N4O. The maximum absolute atomic E-state index is 9.05. The molecule has 1 atom stereocenters. The highest BCUT2D eigenvalue weighted by Gasteiger charge is 2.19. The van der Waals surface area contributed by atoms with Gasteiger partial charge in [0.2, 0.25) is 0 Å². The number of para-hydroxylation sites is 2. The number of aromatic nitrogens is 2. The number of H-pyrrole nitrogens is 1. The lowest BCUT2D eigenvalue weighted by Gasteiger charge is -2.20. The molecule has 2 N–H and O–H groups in total. The Morgan fingerprint density at radius 2 is 1.81 bits per heavy atom. The van der Waals surface area contributed by atoms with Crippen molar-refractivity contribution in [2.75, 3.05) is 0 Å². The van der Waals surface area contributed by atoms with E-state index in [0.29, 0.717) is 24.6 Å². The van der Waals surface area contributed by atoms with Crippen molar-refractivity contribution < 1.29 is 4.74 Å². The standard InChI is InChI=1S/C26H26N4O/c1-18(2)25(26-29-23-11-3-4-12-24(23)30-26)28-16-20-8-6-10-22(14-20)31-17-21-9-5-7-19(13-21)15-27/h3-14,18,25,28H,16-17H2,1-2H3,(H,29,30). The molecule has 5 nitrogen and oxygen atoms in total. The van der Waals surface area contributed by atoms with Crippen LogP contribution in [-0.4, -0.2) is 9.97 Å². The number of benzene rings is 3. The van der Waals surface area contributed by atoms with Crippen molar-refractivity contribution in [3.8, 4) is 11.8 Å². The average Bonchev–Trinajstić information content (AvgIpc) is 3.22. The molecule has 3 aromatic carbocycles. The highest BCUT2D eigenvalue weighted by Crippen LogP contribution is 2.23. The van der Waals surface area contributed by atoms with E-state index in [0.717, 1.165) is 33.7 Å². The van der Waals surface area contributed by atoms with Crippen molar-refractivity contribution in [3.05, 3.63) is 95.3 Å². The highest BCUT2D eigenvalue weighted by molar-refractivity contribution is 5.74. The van der Waals surface area contributed by atoms with Crippen LogP contribution >= 0.6 is 0 Å². The molecule has 0 saturated carbocycles. The first-order chi connectivity index (χ1) is 15.1. The average molecular weight is 411 g/mol. The van der Waals surface area contributed by atoms with E-state index in [1.54, 1.807) is 6.07 Å². The molecule has 0 fully saturated rings. The first-order valence-corrected chi connectivity index (χ1v) is 10.5. The molecule has 0 aliphatic rings. The second-order valence-electron chi connectivity index (χ2n) is 7.99. The van der Waals surface area contributed by atoms with Crippen molar-refractivity contribution >= 4 is 11.0 Å². The molecule has 0 aliphatic heterocycles. The lowest BCUT2D eigenvalue weighted by molar-refractivity contribution is 0.305. The first kappa shape index (κ1) is 20.6. The van der Waals surface area contributed by atoms with Crippen molar-refractivity contribution in [2.24, 2.45) is 5.92 Å². The Bertz CT molecular complexity index is 1170. The SMILES string of the molecule is CC(C)C(NCc1cccc(OCc2cccc(C#N)c2)c1)c1nc2ccccc2[nH]1. The van der Waals surface area contributed by atoms with Crippen LogP contribution in [0, 0.1) is 17.2 Å². The van der Waals surface area contributed by atoms with Gasteiger partial charge in [-0.05, 0) is 53.4 Å². The normalized spacial score (nSPS) is 12.1. The second-order valence-corrected chi connectivity index (χ2v) is 7.99. The molecule has 4 rings (SSSR count). The third-order valence-corrected chi connectivity index (χ3v) is 5.26. The lowest BCUT2D eigenvalue weighted by atomic mass is 10.0. The third kappa shape index (κ3) is 5.11. The van der Waals surface area contributed by atoms with Crippen LogP contribution in [0.4, 0.5) is 0 Å². The summed E-state index contributed by atoms with van der Waals surface area (Å²) in [5, 5.41) is 12.7. The third-order valence-electron chi connectivity index (χ3n) is 5.26. The van der Waals surface area contributed by atoms with Crippen molar-refractivity contribution in [1.82, 2.24) is 15.3 Å². The van der Waals surface area contributed by atoms with E-state index < -0.39 is 0 Å². The second kappa shape index (κ2) is 9.46. The summed E-state index contributed by atoms with van der Waals surface area (Å²) in [5.74, 6) is 2.15. The molecule has 156 valence electrons.